The van der Waals surface area contributed by atoms with Crippen LogP contribution in [0.2, 0.25) is 0 Å². The van der Waals surface area contributed by atoms with Gasteiger partial charge in [0.25, 0.3) is 5.91 Å². The molecule has 1 fully saturated rings. The third-order valence-electron chi connectivity index (χ3n) is 3.95. The number of likely N-dealkylation sites (tertiary alicyclic amines) is 1. The smallest absolute Gasteiger partial charge is 0.260 e. The van der Waals surface area contributed by atoms with Gasteiger partial charge in [-0.2, -0.15) is 0 Å². The van der Waals surface area contributed by atoms with Crippen molar-refractivity contribution in [1.82, 2.24) is 9.80 Å². The van der Waals surface area contributed by atoms with Gasteiger partial charge in [-0.05, 0) is 31.6 Å². The van der Waals surface area contributed by atoms with E-state index in [4.69, 9.17) is 4.74 Å². The molecule has 4 heteroatoms. The lowest BCUT2D eigenvalue weighted by molar-refractivity contribution is -0.132. The van der Waals surface area contributed by atoms with Crippen LogP contribution in [0.3, 0.4) is 0 Å². The molecule has 20 heavy (non-hydrogen) atoms. The lowest BCUT2D eigenvalue weighted by Gasteiger charge is -2.26. The van der Waals surface area contributed by atoms with Gasteiger partial charge in [-0.1, -0.05) is 32.0 Å². The number of ether oxygens (including phenoxy) is 1. The summed E-state index contributed by atoms with van der Waals surface area (Å²) in [5.41, 5.74) is 0. The number of hydrogen-bond acceptors (Lipinski definition) is 3. The van der Waals surface area contributed by atoms with Crippen molar-refractivity contribution >= 4 is 5.91 Å². The van der Waals surface area contributed by atoms with Crippen molar-refractivity contribution in [3.8, 4) is 5.75 Å². The number of carbonyl (C=O) groups is 1. The molecule has 4 nitrogen and oxygen atoms in total. The Morgan fingerprint density at radius 3 is 2.65 bits per heavy atom. The van der Waals surface area contributed by atoms with E-state index in [1.807, 2.05) is 35.2 Å². The van der Waals surface area contributed by atoms with E-state index < -0.39 is 0 Å². The summed E-state index contributed by atoms with van der Waals surface area (Å²) in [7, 11) is 0. The van der Waals surface area contributed by atoms with Crippen LogP contribution in [0.4, 0.5) is 0 Å². The third-order valence-corrected chi connectivity index (χ3v) is 3.95. The number of nitrogens with zero attached hydrogens (tertiary/aromatic N) is 2. The Morgan fingerprint density at radius 2 is 2.00 bits per heavy atom. The van der Waals surface area contributed by atoms with Crippen LogP contribution in [0.25, 0.3) is 0 Å². The fourth-order valence-electron chi connectivity index (χ4n) is 2.76. The molecule has 1 saturated heterocycles. The zero-order valence-corrected chi connectivity index (χ0v) is 12.4. The van der Waals surface area contributed by atoms with Crippen LogP contribution >= 0.6 is 0 Å². The Morgan fingerprint density at radius 1 is 1.30 bits per heavy atom. The van der Waals surface area contributed by atoms with Crippen molar-refractivity contribution in [2.75, 3.05) is 32.8 Å². The largest absolute Gasteiger partial charge is 0.484 e. The minimum atomic E-state index is 0.0866. The molecule has 0 N–H and O–H groups in total. The third kappa shape index (κ3) is 3.73. The molecule has 1 unspecified atom stereocenters. The van der Waals surface area contributed by atoms with E-state index in [-0.39, 0.29) is 12.5 Å². The van der Waals surface area contributed by atoms with Crippen LogP contribution < -0.4 is 4.74 Å². The number of para-hydroxylation sites is 1. The quantitative estimate of drug-likeness (QED) is 0.797. The van der Waals surface area contributed by atoms with E-state index in [0.717, 1.165) is 38.3 Å². The number of hydrogen-bond donors (Lipinski definition) is 0. The Labute approximate surface area is 121 Å². The van der Waals surface area contributed by atoms with E-state index in [2.05, 4.69) is 18.7 Å². The van der Waals surface area contributed by atoms with Gasteiger partial charge in [-0.25, -0.2) is 0 Å². The maximum Gasteiger partial charge on any atom is 0.260 e. The highest BCUT2D eigenvalue weighted by Crippen LogP contribution is 2.16. The van der Waals surface area contributed by atoms with Gasteiger partial charge >= 0.3 is 0 Å². The predicted octanol–water partition coefficient (Wildman–Crippen LogP) is 2.01. The maximum atomic E-state index is 12.1. The summed E-state index contributed by atoms with van der Waals surface area (Å²) in [6, 6.07) is 10.00. The number of benzene rings is 1. The van der Waals surface area contributed by atoms with Crippen molar-refractivity contribution in [2.24, 2.45) is 0 Å². The molecule has 2 rings (SSSR count). The predicted molar refractivity (Wildman–Crippen MR) is 79.8 cm³/mol. The molecule has 0 spiro atoms. The molecule has 1 atom stereocenters. The van der Waals surface area contributed by atoms with Crippen LogP contribution in [0, 0.1) is 0 Å². The molecule has 1 aromatic rings. The Hall–Kier alpha value is -1.55. The molecule has 1 amide bonds. The molecule has 0 radical (unpaired) electrons. The number of amides is 1. The normalized spacial score (nSPS) is 18.6. The fourth-order valence-corrected chi connectivity index (χ4v) is 2.76. The second-order valence-corrected chi connectivity index (χ2v) is 5.11. The number of rotatable bonds is 6. The summed E-state index contributed by atoms with van der Waals surface area (Å²) in [6.45, 7) is 8.25. The average molecular weight is 276 g/mol. The molecule has 1 heterocycles. The lowest BCUT2D eigenvalue weighted by atomic mass is 10.2. The molecule has 1 aliphatic heterocycles. The Balaban J connectivity index is 1.79. The zero-order chi connectivity index (χ0) is 14.4. The Kier molecular flexibility index (Phi) is 5.41. The molecular weight excluding hydrogens is 252 g/mol. The zero-order valence-electron chi connectivity index (χ0n) is 12.4. The van der Waals surface area contributed by atoms with Crippen molar-refractivity contribution in [1.29, 1.82) is 0 Å². The van der Waals surface area contributed by atoms with Crippen LogP contribution in [0.5, 0.6) is 5.75 Å². The van der Waals surface area contributed by atoms with Crippen molar-refractivity contribution in [3.63, 3.8) is 0 Å². The Bertz CT molecular complexity index is 418. The highest BCUT2D eigenvalue weighted by Gasteiger charge is 2.29. The van der Waals surface area contributed by atoms with Crippen molar-refractivity contribution in [3.05, 3.63) is 30.3 Å². The minimum absolute atomic E-state index is 0.0866. The van der Waals surface area contributed by atoms with E-state index in [1.54, 1.807) is 0 Å². The molecule has 0 bridgehead atoms. The monoisotopic (exact) mass is 276 g/mol. The molecule has 0 aliphatic carbocycles. The molecule has 0 aromatic heterocycles. The second-order valence-electron chi connectivity index (χ2n) is 5.11. The van der Waals surface area contributed by atoms with E-state index >= 15 is 0 Å². The number of carbonyl (C=O) groups excluding carboxylic acids is 1. The minimum Gasteiger partial charge on any atom is -0.484 e. The topological polar surface area (TPSA) is 32.8 Å². The summed E-state index contributed by atoms with van der Waals surface area (Å²) in [4.78, 5) is 16.5. The summed E-state index contributed by atoms with van der Waals surface area (Å²) in [5, 5.41) is 0. The van der Waals surface area contributed by atoms with Gasteiger partial charge in [0.1, 0.15) is 5.75 Å². The van der Waals surface area contributed by atoms with Gasteiger partial charge in [0.15, 0.2) is 6.61 Å². The maximum absolute atomic E-state index is 12.1. The summed E-state index contributed by atoms with van der Waals surface area (Å²) >= 11 is 0. The summed E-state index contributed by atoms with van der Waals surface area (Å²) < 4.78 is 5.52. The van der Waals surface area contributed by atoms with E-state index in [0.29, 0.717) is 6.04 Å². The van der Waals surface area contributed by atoms with Crippen LogP contribution in [-0.4, -0.2) is 54.5 Å². The highest BCUT2D eigenvalue weighted by atomic mass is 16.5. The summed E-state index contributed by atoms with van der Waals surface area (Å²) in [5.74, 6) is 0.837. The fraction of sp³-hybridized carbons (Fsp3) is 0.562. The van der Waals surface area contributed by atoms with Gasteiger partial charge in [0.2, 0.25) is 0 Å². The van der Waals surface area contributed by atoms with Gasteiger partial charge < -0.3 is 9.64 Å². The average Bonchev–Trinajstić information content (AvgIpc) is 2.97. The van der Waals surface area contributed by atoms with Crippen LogP contribution in [0.15, 0.2) is 30.3 Å². The molecule has 0 saturated carbocycles. The summed E-state index contributed by atoms with van der Waals surface area (Å²) in [6.07, 6.45) is 1.07. The SMILES string of the molecule is CCN(CC)C1CCN(C(=O)COc2ccccc2)C1. The molecular formula is C16H24N2O2. The molecule has 110 valence electrons. The van der Waals surface area contributed by atoms with Gasteiger partial charge in [0, 0.05) is 19.1 Å². The van der Waals surface area contributed by atoms with Gasteiger partial charge in [0.05, 0.1) is 0 Å². The van der Waals surface area contributed by atoms with Gasteiger partial charge in [-0.15, -0.1) is 0 Å². The molecule has 1 aromatic carbocycles. The second kappa shape index (κ2) is 7.29. The van der Waals surface area contributed by atoms with Gasteiger partial charge in [-0.3, -0.25) is 9.69 Å². The van der Waals surface area contributed by atoms with Crippen LogP contribution in [0.1, 0.15) is 20.3 Å². The van der Waals surface area contributed by atoms with E-state index in [1.165, 1.54) is 0 Å². The van der Waals surface area contributed by atoms with Crippen molar-refractivity contribution < 1.29 is 9.53 Å². The highest BCUT2D eigenvalue weighted by molar-refractivity contribution is 5.78. The first-order valence-corrected chi connectivity index (χ1v) is 7.44. The lowest BCUT2D eigenvalue weighted by Crippen LogP contribution is -2.39. The number of likely N-dealkylation sites (N-methyl/N-ethyl adjacent to an activating group) is 1. The van der Waals surface area contributed by atoms with Crippen LogP contribution in [-0.2, 0) is 4.79 Å². The first-order valence-electron chi connectivity index (χ1n) is 7.44. The van der Waals surface area contributed by atoms with Crippen molar-refractivity contribution in [2.45, 2.75) is 26.3 Å². The van der Waals surface area contributed by atoms with E-state index in [9.17, 15) is 4.79 Å². The first-order chi connectivity index (χ1) is 9.74. The first kappa shape index (κ1) is 14.9. The standard InChI is InChI=1S/C16H24N2O2/c1-3-17(4-2)14-10-11-18(12-14)16(19)13-20-15-8-6-5-7-9-15/h5-9,14H,3-4,10-13H2,1-2H3. The molecule has 1 aliphatic rings.